The molecule has 0 bridgehead atoms. The summed E-state index contributed by atoms with van der Waals surface area (Å²) in [5.41, 5.74) is 2.49. The van der Waals surface area contributed by atoms with Crippen LogP contribution in [0.1, 0.15) is 15.9 Å². The average molecular weight is 436 g/mol. The van der Waals surface area contributed by atoms with Crippen molar-refractivity contribution < 1.29 is 14.3 Å². The molecule has 150 valence electrons. The molecule has 1 aliphatic rings. The van der Waals surface area contributed by atoms with Crippen molar-refractivity contribution in [1.29, 1.82) is 0 Å². The molecule has 0 spiro atoms. The Hall–Kier alpha value is -3.10. The number of aromatic nitrogens is 2. The van der Waals surface area contributed by atoms with E-state index in [0.29, 0.717) is 34.7 Å². The fourth-order valence-electron chi connectivity index (χ4n) is 3.15. The van der Waals surface area contributed by atoms with Crippen molar-refractivity contribution in [3.05, 3.63) is 65.9 Å². The van der Waals surface area contributed by atoms with Crippen molar-refractivity contribution >= 4 is 44.4 Å². The predicted molar refractivity (Wildman–Crippen MR) is 118 cm³/mol. The van der Waals surface area contributed by atoms with Gasteiger partial charge in [-0.2, -0.15) is 0 Å². The third-order valence-corrected chi connectivity index (χ3v) is 6.53. The number of ether oxygens (including phenoxy) is 2. The number of nitrogens with zero attached hydrogens (tertiary/aromatic N) is 2. The molecule has 30 heavy (non-hydrogen) atoms. The van der Waals surface area contributed by atoms with Gasteiger partial charge in [0.15, 0.2) is 16.6 Å². The van der Waals surface area contributed by atoms with E-state index in [2.05, 4.69) is 15.3 Å². The maximum atomic E-state index is 13.0. The standard InChI is InChI=1S/C22H17N3O3S2/c1-13-4-2-6-18-19(13)24-22(30-18)25-20(26)15-5-3-9-23-21(15)29-14-7-8-16-17(12-14)28-11-10-27-16/h2-9,12H,10-11H2,1H3,(H,24,25,26). The number of nitrogens with one attached hydrogen (secondary N) is 1. The summed E-state index contributed by atoms with van der Waals surface area (Å²) < 4.78 is 12.3. The maximum absolute atomic E-state index is 13.0. The Bertz CT molecular complexity index is 1260. The number of thiazole rings is 1. The van der Waals surface area contributed by atoms with E-state index in [1.165, 1.54) is 23.1 Å². The van der Waals surface area contributed by atoms with Crippen molar-refractivity contribution in [1.82, 2.24) is 9.97 Å². The monoisotopic (exact) mass is 435 g/mol. The molecule has 0 fully saturated rings. The molecule has 1 aliphatic heterocycles. The molecule has 1 N–H and O–H groups in total. The Morgan fingerprint density at radius 1 is 1.10 bits per heavy atom. The smallest absolute Gasteiger partial charge is 0.260 e. The van der Waals surface area contributed by atoms with E-state index in [0.717, 1.165) is 26.4 Å². The normalized spacial score (nSPS) is 12.7. The van der Waals surface area contributed by atoms with E-state index in [9.17, 15) is 4.79 Å². The highest BCUT2D eigenvalue weighted by atomic mass is 32.2. The van der Waals surface area contributed by atoms with E-state index < -0.39 is 0 Å². The third kappa shape index (κ3) is 3.71. The highest BCUT2D eigenvalue weighted by molar-refractivity contribution is 7.99. The van der Waals surface area contributed by atoms with Gasteiger partial charge in [0.25, 0.3) is 5.91 Å². The van der Waals surface area contributed by atoms with E-state index in [-0.39, 0.29) is 5.91 Å². The van der Waals surface area contributed by atoms with E-state index in [1.807, 2.05) is 43.3 Å². The molecule has 1 amide bonds. The lowest BCUT2D eigenvalue weighted by Gasteiger charge is -2.18. The molecule has 0 unspecified atom stereocenters. The molecule has 5 rings (SSSR count). The Kier molecular flexibility index (Phi) is 5.02. The number of anilines is 1. The molecular formula is C22H17N3O3S2. The van der Waals surface area contributed by atoms with E-state index in [1.54, 1.807) is 18.3 Å². The molecule has 0 saturated heterocycles. The molecule has 6 nitrogen and oxygen atoms in total. The van der Waals surface area contributed by atoms with Crippen LogP contribution in [0.3, 0.4) is 0 Å². The summed E-state index contributed by atoms with van der Waals surface area (Å²) in [6.07, 6.45) is 1.68. The van der Waals surface area contributed by atoms with Gasteiger partial charge < -0.3 is 9.47 Å². The Labute approximate surface area is 181 Å². The van der Waals surface area contributed by atoms with Crippen LogP contribution in [0.15, 0.2) is 64.6 Å². The van der Waals surface area contributed by atoms with Crippen LogP contribution in [0, 0.1) is 6.92 Å². The van der Waals surface area contributed by atoms with Crippen LogP contribution in [0.2, 0.25) is 0 Å². The lowest BCUT2D eigenvalue weighted by molar-refractivity contribution is 0.102. The van der Waals surface area contributed by atoms with Gasteiger partial charge >= 0.3 is 0 Å². The van der Waals surface area contributed by atoms with Crippen LogP contribution in [0.5, 0.6) is 11.5 Å². The number of carbonyl (C=O) groups is 1. The second kappa shape index (κ2) is 7.97. The zero-order valence-electron chi connectivity index (χ0n) is 16.0. The van der Waals surface area contributed by atoms with Gasteiger partial charge in [-0.15, -0.1) is 0 Å². The molecular weight excluding hydrogens is 418 g/mol. The number of carbonyl (C=O) groups excluding carboxylic acids is 1. The van der Waals surface area contributed by atoms with Crippen LogP contribution in [0.4, 0.5) is 5.13 Å². The van der Waals surface area contributed by atoms with E-state index >= 15 is 0 Å². The van der Waals surface area contributed by atoms with Gasteiger partial charge in [-0.1, -0.05) is 35.2 Å². The Morgan fingerprint density at radius 2 is 1.97 bits per heavy atom. The molecule has 4 aromatic rings. The van der Waals surface area contributed by atoms with Crippen molar-refractivity contribution in [2.45, 2.75) is 16.8 Å². The zero-order chi connectivity index (χ0) is 20.5. The number of benzene rings is 2. The number of rotatable bonds is 4. The minimum Gasteiger partial charge on any atom is -0.486 e. The molecule has 0 saturated carbocycles. The number of hydrogen-bond donors (Lipinski definition) is 1. The number of fused-ring (bicyclic) bond motifs is 2. The number of hydrogen-bond acceptors (Lipinski definition) is 7. The third-order valence-electron chi connectivity index (χ3n) is 4.59. The number of aryl methyl sites for hydroxylation is 1. The molecule has 0 radical (unpaired) electrons. The van der Waals surface area contributed by atoms with Crippen LogP contribution < -0.4 is 14.8 Å². The quantitative estimate of drug-likeness (QED) is 0.476. The van der Waals surface area contributed by atoms with Gasteiger partial charge in [0, 0.05) is 11.1 Å². The summed E-state index contributed by atoms with van der Waals surface area (Å²) in [5.74, 6) is 1.20. The van der Waals surface area contributed by atoms with Crippen LogP contribution in [-0.4, -0.2) is 29.1 Å². The van der Waals surface area contributed by atoms with Gasteiger partial charge in [0.05, 0.1) is 15.8 Å². The number of pyridine rings is 1. The van der Waals surface area contributed by atoms with Crippen LogP contribution in [-0.2, 0) is 0 Å². The number of para-hydroxylation sites is 1. The molecule has 3 heterocycles. The highest BCUT2D eigenvalue weighted by Crippen LogP contribution is 2.37. The summed E-state index contributed by atoms with van der Waals surface area (Å²) in [5, 5.41) is 4.11. The van der Waals surface area contributed by atoms with Gasteiger partial charge in [-0.25, -0.2) is 9.97 Å². The van der Waals surface area contributed by atoms with Crippen molar-refractivity contribution in [2.75, 3.05) is 18.5 Å². The maximum Gasteiger partial charge on any atom is 0.260 e. The number of amides is 1. The molecule has 2 aromatic carbocycles. The first-order valence-electron chi connectivity index (χ1n) is 9.37. The SMILES string of the molecule is Cc1cccc2sc(NC(=O)c3cccnc3Sc3ccc4c(c3)OCCO4)nc12. The van der Waals surface area contributed by atoms with Crippen molar-refractivity contribution in [3.63, 3.8) is 0 Å². The van der Waals surface area contributed by atoms with Gasteiger partial charge in [0.1, 0.15) is 18.2 Å². The van der Waals surface area contributed by atoms with Crippen molar-refractivity contribution in [3.8, 4) is 11.5 Å². The summed E-state index contributed by atoms with van der Waals surface area (Å²) in [4.78, 5) is 22.9. The van der Waals surface area contributed by atoms with Gasteiger partial charge in [-0.05, 0) is 48.9 Å². The molecule has 0 atom stereocenters. The van der Waals surface area contributed by atoms with Gasteiger partial charge in [-0.3, -0.25) is 10.1 Å². The fourth-order valence-corrected chi connectivity index (χ4v) is 5.00. The minimum absolute atomic E-state index is 0.236. The largest absolute Gasteiger partial charge is 0.486 e. The second-order valence-corrected chi connectivity index (χ2v) is 8.75. The summed E-state index contributed by atoms with van der Waals surface area (Å²) in [6, 6.07) is 15.2. The summed E-state index contributed by atoms with van der Waals surface area (Å²) in [6.45, 7) is 3.09. The Balaban J connectivity index is 1.40. The van der Waals surface area contributed by atoms with Gasteiger partial charge in [0.2, 0.25) is 0 Å². The first-order chi connectivity index (χ1) is 14.7. The van der Waals surface area contributed by atoms with E-state index in [4.69, 9.17) is 9.47 Å². The first kappa shape index (κ1) is 18.9. The lowest BCUT2D eigenvalue weighted by atomic mass is 10.2. The van der Waals surface area contributed by atoms with Crippen LogP contribution in [0.25, 0.3) is 10.2 Å². The summed E-state index contributed by atoms with van der Waals surface area (Å²) in [7, 11) is 0. The molecule has 0 aliphatic carbocycles. The second-order valence-electron chi connectivity index (χ2n) is 6.66. The lowest BCUT2D eigenvalue weighted by Crippen LogP contribution is -2.15. The molecule has 8 heteroatoms. The minimum atomic E-state index is -0.236. The Morgan fingerprint density at radius 3 is 2.83 bits per heavy atom. The fraction of sp³-hybridized carbons (Fsp3) is 0.136. The van der Waals surface area contributed by atoms with Crippen molar-refractivity contribution in [2.24, 2.45) is 0 Å². The molecule has 2 aromatic heterocycles. The zero-order valence-corrected chi connectivity index (χ0v) is 17.7. The predicted octanol–water partition coefficient (Wildman–Crippen LogP) is 5.17. The van der Waals surface area contributed by atoms with Crippen LogP contribution >= 0.6 is 23.1 Å². The highest BCUT2D eigenvalue weighted by Gasteiger charge is 2.18. The topological polar surface area (TPSA) is 73.3 Å². The summed E-state index contributed by atoms with van der Waals surface area (Å²) >= 11 is 2.87. The average Bonchev–Trinajstić information content (AvgIpc) is 3.18. The first-order valence-corrected chi connectivity index (χ1v) is 11.0.